The SMILES string of the molecule is COc1cccc(NCCn2c(C)c(C)n3c4c(=O)n(C)c(=O)n(C)c4nc23)c1. The van der Waals surface area contributed by atoms with E-state index >= 15 is 0 Å². The number of rotatable bonds is 5. The quantitative estimate of drug-likeness (QED) is 0.551. The van der Waals surface area contributed by atoms with Gasteiger partial charge >= 0.3 is 5.69 Å². The third kappa shape index (κ3) is 2.81. The molecule has 3 heterocycles. The van der Waals surface area contributed by atoms with E-state index < -0.39 is 0 Å². The Morgan fingerprint density at radius 1 is 1.10 bits per heavy atom. The van der Waals surface area contributed by atoms with Gasteiger partial charge in [-0.1, -0.05) is 6.07 Å². The lowest BCUT2D eigenvalue weighted by Gasteiger charge is -2.10. The molecular weight excluding hydrogens is 372 g/mol. The smallest absolute Gasteiger partial charge is 0.332 e. The zero-order valence-corrected chi connectivity index (χ0v) is 17.2. The van der Waals surface area contributed by atoms with Crippen LogP contribution in [0.1, 0.15) is 11.4 Å². The molecule has 0 atom stereocenters. The maximum Gasteiger partial charge on any atom is 0.332 e. The summed E-state index contributed by atoms with van der Waals surface area (Å²) in [5.74, 6) is 1.45. The summed E-state index contributed by atoms with van der Waals surface area (Å²) in [7, 11) is 4.76. The average molecular weight is 396 g/mol. The van der Waals surface area contributed by atoms with Crippen molar-refractivity contribution < 1.29 is 4.74 Å². The zero-order valence-electron chi connectivity index (χ0n) is 17.2. The minimum Gasteiger partial charge on any atom is -0.497 e. The Bertz CT molecular complexity index is 1360. The second-order valence-corrected chi connectivity index (χ2v) is 7.11. The van der Waals surface area contributed by atoms with Gasteiger partial charge in [-0.2, -0.15) is 4.98 Å². The number of aromatic nitrogens is 5. The van der Waals surface area contributed by atoms with Gasteiger partial charge in [0.05, 0.1) is 7.11 Å². The van der Waals surface area contributed by atoms with Crippen molar-refractivity contribution in [3.05, 3.63) is 56.5 Å². The van der Waals surface area contributed by atoms with Crippen LogP contribution in [0.4, 0.5) is 5.69 Å². The van der Waals surface area contributed by atoms with E-state index in [0.29, 0.717) is 30.0 Å². The van der Waals surface area contributed by atoms with Crippen LogP contribution in [0.15, 0.2) is 33.9 Å². The maximum absolute atomic E-state index is 12.8. The topological polar surface area (TPSA) is 87.5 Å². The van der Waals surface area contributed by atoms with Crippen LogP contribution in [0, 0.1) is 13.8 Å². The zero-order chi connectivity index (χ0) is 20.9. The van der Waals surface area contributed by atoms with Gasteiger partial charge in [-0.3, -0.25) is 18.3 Å². The molecule has 1 N–H and O–H groups in total. The fraction of sp³-hybridized carbons (Fsp3) is 0.350. The first-order chi connectivity index (χ1) is 13.8. The Morgan fingerprint density at radius 3 is 2.59 bits per heavy atom. The summed E-state index contributed by atoms with van der Waals surface area (Å²) in [6, 6.07) is 7.75. The summed E-state index contributed by atoms with van der Waals surface area (Å²) in [4.78, 5) is 29.7. The van der Waals surface area contributed by atoms with Crippen molar-refractivity contribution in [1.29, 1.82) is 0 Å². The number of aryl methyl sites for hydroxylation is 2. The normalized spacial score (nSPS) is 11.5. The minimum atomic E-state index is -0.385. The number of fused-ring (bicyclic) bond motifs is 3. The van der Waals surface area contributed by atoms with E-state index in [1.54, 1.807) is 14.2 Å². The number of imidazole rings is 2. The Morgan fingerprint density at radius 2 is 1.86 bits per heavy atom. The lowest BCUT2D eigenvalue weighted by molar-refractivity contribution is 0.415. The van der Waals surface area contributed by atoms with Gasteiger partial charge in [-0.25, -0.2) is 4.79 Å². The summed E-state index contributed by atoms with van der Waals surface area (Å²) in [6.07, 6.45) is 0. The van der Waals surface area contributed by atoms with Crippen LogP contribution in [0.5, 0.6) is 5.75 Å². The standard InChI is InChI=1S/C20H24N6O3/c1-12-13(2)26-16-17(23(3)20(28)24(4)18(16)27)22-19(26)25(12)10-9-21-14-7-6-8-15(11-14)29-5/h6-8,11,21H,9-10H2,1-5H3. The van der Waals surface area contributed by atoms with E-state index in [4.69, 9.17) is 4.74 Å². The van der Waals surface area contributed by atoms with Crippen LogP contribution < -0.4 is 21.3 Å². The average Bonchev–Trinajstić information content (AvgIpc) is 3.22. The van der Waals surface area contributed by atoms with E-state index in [0.717, 1.165) is 27.4 Å². The molecule has 9 heteroatoms. The lowest BCUT2D eigenvalue weighted by Crippen LogP contribution is -2.37. The molecule has 4 aromatic rings. The van der Waals surface area contributed by atoms with Gasteiger partial charge in [0.15, 0.2) is 11.2 Å². The summed E-state index contributed by atoms with van der Waals surface area (Å²) >= 11 is 0. The van der Waals surface area contributed by atoms with E-state index in [1.807, 2.05) is 42.5 Å². The van der Waals surface area contributed by atoms with Crippen molar-refractivity contribution in [3.63, 3.8) is 0 Å². The highest BCUT2D eigenvalue weighted by molar-refractivity contribution is 5.76. The van der Waals surface area contributed by atoms with Crippen LogP contribution in [0.25, 0.3) is 16.9 Å². The number of nitrogens with zero attached hydrogens (tertiary/aromatic N) is 5. The molecule has 0 spiro atoms. The summed E-state index contributed by atoms with van der Waals surface area (Å²) in [5.41, 5.74) is 3.01. The Balaban J connectivity index is 1.76. The Hall–Kier alpha value is -3.49. The van der Waals surface area contributed by atoms with E-state index in [-0.39, 0.29) is 11.2 Å². The molecule has 0 aliphatic carbocycles. The number of hydrogen-bond acceptors (Lipinski definition) is 5. The first-order valence-corrected chi connectivity index (χ1v) is 9.37. The monoisotopic (exact) mass is 396 g/mol. The molecule has 0 saturated heterocycles. The van der Waals surface area contributed by atoms with Crippen molar-refractivity contribution in [3.8, 4) is 5.75 Å². The molecule has 29 heavy (non-hydrogen) atoms. The molecular formula is C20H24N6O3. The molecule has 0 saturated carbocycles. The molecule has 4 rings (SSSR count). The third-order valence-corrected chi connectivity index (χ3v) is 5.48. The molecule has 9 nitrogen and oxygen atoms in total. The summed E-state index contributed by atoms with van der Waals surface area (Å²) in [6.45, 7) is 5.28. The van der Waals surface area contributed by atoms with Crippen LogP contribution in [-0.2, 0) is 20.6 Å². The maximum atomic E-state index is 12.8. The number of anilines is 1. The second kappa shape index (κ2) is 6.84. The third-order valence-electron chi connectivity index (χ3n) is 5.48. The first kappa shape index (κ1) is 18.9. The van der Waals surface area contributed by atoms with Gasteiger partial charge in [0.1, 0.15) is 5.75 Å². The molecule has 0 aliphatic rings. The van der Waals surface area contributed by atoms with Crippen LogP contribution >= 0.6 is 0 Å². The molecule has 0 radical (unpaired) electrons. The van der Waals surface area contributed by atoms with Gasteiger partial charge in [0.2, 0.25) is 5.78 Å². The van der Waals surface area contributed by atoms with Crippen LogP contribution in [0.3, 0.4) is 0 Å². The summed E-state index contributed by atoms with van der Waals surface area (Å²) in [5, 5.41) is 3.38. The van der Waals surface area contributed by atoms with Crippen molar-refractivity contribution >= 4 is 22.6 Å². The molecule has 0 aliphatic heterocycles. The summed E-state index contributed by atoms with van der Waals surface area (Å²) < 4.78 is 11.7. The molecule has 0 fully saturated rings. The minimum absolute atomic E-state index is 0.342. The van der Waals surface area contributed by atoms with E-state index in [2.05, 4.69) is 14.9 Å². The Labute approximate surface area is 166 Å². The number of benzene rings is 1. The number of nitrogens with one attached hydrogen (secondary N) is 1. The van der Waals surface area contributed by atoms with Crippen LogP contribution in [-0.4, -0.2) is 36.7 Å². The van der Waals surface area contributed by atoms with Gasteiger partial charge < -0.3 is 14.6 Å². The fourth-order valence-electron chi connectivity index (χ4n) is 3.70. The van der Waals surface area contributed by atoms with Crippen molar-refractivity contribution in [2.75, 3.05) is 19.0 Å². The molecule has 1 aromatic carbocycles. The predicted octanol–water partition coefficient (Wildman–Crippen LogP) is 1.42. The predicted molar refractivity (Wildman–Crippen MR) is 112 cm³/mol. The largest absolute Gasteiger partial charge is 0.497 e. The number of hydrogen-bond donors (Lipinski definition) is 1. The van der Waals surface area contributed by atoms with Crippen molar-refractivity contribution in [1.82, 2.24) is 23.1 Å². The van der Waals surface area contributed by atoms with Gasteiger partial charge in [0, 0.05) is 50.3 Å². The van der Waals surface area contributed by atoms with Crippen LogP contribution in [0.2, 0.25) is 0 Å². The fourth-order valence-corrected chi connectivity index (χ4v) is 3.70. The van der Waals surface area contributed by atoms with E-state index in [1.165, 1.54) is 11.6 Å². The van der Waals surface area contributed by atoms with Gasteiger partial charge in [0.25, 0.3) is 5.56 Å². The molecule has 0 bridgehead atoms. The van der Waals surface area contributed by atoms with Gasteiger partial charge in [-0.15, -0.1) is 0 Å². The molecule has 0 amide bonds. The first-order valence-electron chi connectivity index (χ1n) is 9.37. The second-order valence-electron chi connectivity index (χ2n) is 7.11. The molecule has 152 valence electrons. The lowest BCUT2D eigenvalue weighted by atomic mass is 10.3. The highest BCUT2D eigenvalue weighted by atomic mass is 16.5. The number of methoxy groups -OCH3 is 1. The van der Waals surface area contributed by atoms with Crippen molar-refractivity contribution in [2.24, 2.45) is 14.1 Å². The van der Waals surface area contributed by atoms with Gasteiger partial charge in [-0.05, 0) is 26.0 Å². The van der Waals surface area contributed by atoms with E-state index in [9.17, 15) is 9.59 Å². The Kier molecular flexibility index (Phi) is 4.45. The molecule has 0 unspecified atom stereocenters. The molecule has 3 aromatic heterocycles. The number of ether oxygens (including phenoxy) is 1. The highest BCUT2D eigenvalue weighted by Crippen LogP contribution is 2.21. The van der Waals surface area contributed by atoms with Crippen molar-refractivity contribution in [2.45, 2.75) is 20.4 Å². The highest BCUT2D eigenvalue weighted by Gasteiger charge is 2.21.